The number of fused-ring (bicyclic) bond motifs is 1. The molecule has 11 nitrogen and oxygen atoms in total. The zero-order chi connectivity index (χ0) is 24.6. The highest BCUT2D eigenvalue weighted by molar-refractivity contribution is 5.84. The van der Waals surface area contributed by atoms with Gasteiger partial charge in [0.2, 0.25) is 0 Å². The van der Waals surface area contributed by atoms with E-state index in [1.54, 1.807) is 6.21 Å². The minimum atomic E-state index is -1.29. The zero-order valence-electron chi connectivity index (χ0n) is 19.0. The molecule has 35 heavy (non-hydrogen) atoms. The van der Waals surface area contributed by atoms with Crippen LogP contribution in [0.4, 0.5) is 5.82 Å². The summed E-state index contributed by atoms with van der Waals surface area (Å²) in [6.07, 6.45) is 2.32. The minimum absolute atomic E-state index is 0.00726. The number of aryl methyl sites for hydroxylation is 1. The first kappa shape index (κ1) is 23.5. The van der Waals surface area contributed by atoms with Crippen molar-refractivity contribution in [2.24, 2.45) is 4.99 Å². The number of nitrogen functional groups attached to an aromatic ring is 1. The van der Waals surface area contributed by atoms with Crippen LogP contribution < -0.4 is 5.73 Å². The van der Waals surface area contributed by atoms with Crippen molar-refractivity contribution in [1.82, 2.24) is 19.5 Å². The third-order valence-corrected chi connectivity index (χ3v) is 6.55. The van der Waals surface area contributed by atoms with Gasteiger partial charge in [-0.15, -0.1) is 0 Å². The molecule has 1 saturated heterocycles. The number of benzene rings is 1. The molecule has 2 aromatic heterocycles. The molecule has 184 valence electrons. The second-order valence-corrected chi connectivity index (χ2v) is 8.85. The average Bonchev–Trinajstić information content (AvgIpc) is 3.56. The van der Waals surface area contributed by atoms with E-state index in [-0.39, 0.29) is 12.4 Å². The summed E-state index contributed by atoms with van der Waals surface area (Å²) in [6.45, 7) is -0.452. The van der Waals surface area contributed by atoms with Gasteiger partial charge in [-0.1, -0.05) is 30.3 Å². The summed E-state index contributed by atoms with van der Waals surface area (Å²) in [5.74, 6) is 0.505. The van der Waals surface area contributed by atoms with Crippen molar-refractivity contribution in [2.75, 3.05) is 18.9 Å². The maximum atomic E-state index is 10.5. The first-order valence-electron chi connectivity index (χ1n) is 11.5. The minimum Gasteiger partial charge on any atom is -0.396 e. The summed E-state index contributed by atoms with van der Waals surface area (Å²) in [5.41, 5.74) is 8.03. The van der Waals surface area contributed by atoms with Crippen molar-refractivity contribution < 1.29 is 25.2 Å². The molecule has 0 amide bonds. The fraction of sp³-hybridized carbons (Fsp3) is 0.417. The number of aromatic nitrogens is 4. The Kier molecular flexibility index (Phi) is 6.34. The zero-order valence-corrected chi connectivity index (χ0v) is 19.0. The highest BCUT2D eigenvalue weighted by atomic mass is 16.6. The van der Waals surface area contributed by atoms with Crippen LogP contribution in [0.1, 0.15) is 30.5 Å². The van der Waals surface area contributed by atoms with Gasteiger partial charge >= 0.3 is 0 Å². The van der Waals surface area contributed by atoms with Gasteiger partial charge < -0.3 is 30.9 Å². The van der Waals surface area contributed by atoms with E-state index in [1.165, 1.54) is 10.9 Å². The first-order valence-corrected chi connectivity index (χ1v) is 11.5. The van der Waals surface area contributed by atoms with E-state index in [0.717, 1.165) is 11.1 Å². The number of imidazole rings is 1. The number of aliphatic hydroxyl groups excluding tert-OH is 4. The molecule has 2 aliphatic heterocycles. The van der Waals surface area contributed by atoms with Crippen LogP contribution in [-0.4, -0.2) is 77.7 Å². The Hall–Kier alpha value is -3.22. The SMILES string of the molecule is Nc1nc(C2(CCc3ccccc3)C=C(CCO)C=N2)nc2c1ncn2[C@@H]1O[C@H](CO)C(O)C1O. The second kappa shape index (κ2) is 9.44. The third-order valence-electron chi connectivity index (χ3n) is 6.55. The summed E-state index contributed by atoms with van der Waals surface area (Å²) in [4.78, 5) is 18.4. The summed E-state index contributed by atoms with van der Waals surface area (Å²) >= 11 is 0. The molecule has 3 aromatic rings. The van der Waals surface area contributed by atoms with E-state index in [4.69, 9.17) is 20.4 Å². The van der Waals surface area contributed by atoms with E-state index in [2.05, 4.69) is 9.97 Å². The molecular formula is C24H28N6O5. The second-order valence-electron chi connectivity index (χ2n) is 8.85. The van der Waals surface area contributed by atoms with E-state index >= 15 is 0 Å². The molecule has 0 saturated carbocycles. The predicted molar refractivity (Wildman–Crippen MR) is 127 cm³/mol. The number of anilines is 1. The lowest BCUT2D eigenvalue weighted by atomic mass is 9.90. The molecule has 0 aliphatic carbocycles. The van der Waals surface area contributed by atoms with Crippen molar-refractivity contribution in [3.63, 3.8) is 0 Å². The number of rotatable bonds is 8. The molecule has 1 aromatic carbocycles. The van der Waals surface area contributed by atoms with Crippen molar-refractivity contribution in [1.29, 1.82) is 0 Å². The Morgan fingerprint density at radius 3 is 2.57 bits per heavy atom. The van der Waals surface area contributed by atoms with Gasteiger partial charge in [-0.05, 0) is 36.5 Å². The highest BCUT2D eigenvalue weighted by Gasteiger charge is 2.44. The molecule has 0 radical (unpaired) electrons. The summed E-state index contributed by atoms with van der Waals surface area (Å²) in [5, 5.41) is 39.6. The van der Waals surface area contributed by atoms with Crippen LogP contribution in [0.15, 0.2) is 53.3 Å². The van der Waals surface area contributed by atoms with Crippen molar-refractivity contribution in [2.45, 2.75) is 49.3 Å². The van der Waals surface area contributed by atoms with Crippen LogP contribution in [-0.2, 0) is 16.7 Å². The average molecular weight is 481 g/mol. The standard InChI is InChI=1S/C24H28N6O5/c25-20-17-21(30(13-26-17)22-19(34)18(33)16(12-32)35-22)29-23(28-20)24(10-15(7-9-31)11-27-24)8-6-14-4-2-1-3-5-14/h1-5,10-11,13,16,18-19,22,31-34H,6-9,12H2,(H2,25,28,29)/t16-,18?,19?,22-,24?/m1/s1. The number of ether oxygens (including phenoxy) is 1. The lowest BCUT2D eigenvalue weighted by Gasteiger charge is -2.24. The Morgan fingerprint density at radius 2 is 1.86 bits per heavy atom. The first-order chi connectivity index (χ1) is 17.0. The molecule has 6 N–H and O–H groups in total. The monoisotopic (exact) mass is 480 g/mol. The molecule has 0 spiro atoms. The van der Waals surface area contributed by atoms with Crippen LogP contribution in [0, 0.1) is 0 Å². The van der Waals surface area contributed by atoms with Crippen molar-refractivity contribution >= 4 is 23.2 Å². The fourth-order valence-corrected chi connectivity index (χ4v) is 4.62. The summed E-state index contributed by atoms with van der Waals surface area (Å²) in [6, 6.07) is 10.0. The molecule has 5 rings (SSSR count). The van der Waals surface area contributed by atoms with E-state index in [0.29, 0.717) is 36.3 Å². The Balaban J connectivity index is 1.57. The van der Waals surface area contributed by atoms with Gasteiger partial charge in [-0.25, -0.2) is 15.0 Å². The van der Waals surface area contributed by atoms with Crippen LogP contribution in [0.2, 0.25) is 0 Å². The molecule has 0 bridgehead atoms. The fourth-order valence-electron chi connectivity index (χ4n) is 4.62. The molecule has 2 aliphatic rings. The molecule has 1 fully saturated rings. The molecule has 4 heterocycles. The van der Waals surface area contributed by atoms with E-state index in [9.17, 15) is 20.4 Å². The van der Waals surface area contributed by atoms with Gasteiger partial charge in [0.1, 0.15) is 29.4 Å². The lowest BCUT2D eigenvalue weighted by Crippen LogP contribution is -2.33. The van der Waals surface area contributed by atoms with Crippen LogP contribution >= 0.6 is 0 Å². The maximum Gasteiger partial charge on any atom is 0.168 e. The molecular weight excluding hydrogens is 452 g/mol. The quantitative estimate of drug-likeness (QED) is 0.303. The number of nitrogens with zero attached hydrogens (tertiary/aromatic N) is 5. The van der Waals surface area contributed by atoms with Crippen molar-refractivity contribution in [3.8, 4) is 0 Å². The van der Waals surface area contributed by atoms with Gasteiger partial charge in [-0.3, -0.25) is 9.56 Å². The third kappa shape index (κ3) is 4.21. The van der Waals surface area contributed by atoms with Gasteiger partial charge in [0.15, 0.2) is 23.5 Å². The van der Waals surface area contributed by atoms with E-state index in [1.807, 2.05) is 36.4 Å². The van der Waals surface area contributed by atoms with Gasteiger partial charge in [0.05, 0.1) is 12.9 Å². The topological polar surface area (TPSA) is 172 Å². The van der Waals surface area contributed by atoms with E-state index < -0.39 is 36.7 Å². The number of aliphatic hydroxyl groups is 4. The number of nitrogens with two attached hydrogens (primary N) is 1. The largest absolute Gasteiger partial charge is 0.396 e. The number of hydrogen-bond acceptors (Lipinski definition) is 10. The Bertz CT molecular complexity index is 1260. The molecule has 3 unspecified atom stereocenters. The highest BCUT2D eigenvalue weighted by Crippen LogP contribution is 2.38. The summed E-state index contributed by atoms with van der Waals surface area (Å²) < 4.78 is 7.16. The molecule has 11 heteroatoms. The van der Waals surface area contributed by atoms with Gasteiger partial charge in [-0.2, -0.15) is 0 Å². The van der Waals surface area contributed by atoms with Crippen molar-refractivity contribution in [3.05, 3.63) is 59.7 Å². The lowest BCUT2D eigenvalue weighted by molar-refractivity contribution is -0.0511. The summed E-state index contributed by atoms with van der Waals surface area (Å²) in [7, 11) is 0. The smallest absolute Gasteiger partial charge is 0.168 e. The van der Waals surface area contributed by atoms with Gasteiger partial charge in [0, 0.05) is 12.8 Å². The van der Waals surface area contributed by atoms with Crippen LogP contribution in [0.3, 0.4) is 0 Å². The number of aliphatic imine (C=N–C) groups is 1. The van der Waals surface area contributed by atoms with Crippen LogP contribution in [0.25, 0.3) is 11.2 Å². The normalized spacial score (nSPS) is 28.2. The Labute approximate surface area is 201 Å². The predicted octanol–water partition coefficient (Wildman–Crippen LogP) is 0.241. The van der Waals surface area contributed by atoms with Crippen LogP contribution in [0.5, 0.6) is 0 Å². The number of hydrogen-bond donors (Lipinski definition) is 5. The Morgan fingerprint density at radius 1 is 1.06 bits per heavy atom. The maximum absolute atomic E-state index is 10.5. The van der Waals surface area contributed by atoms with Gasteiger partial charge in [0.25, 0.3) is 0 Å². The molecule has 5 atom stereocenters.